The first-order valence-electron chi connectivity index (χ1n) is 7.61. The fraction of sp³-hybridized carbons (Fsp3) is 0.933. The molecule has 3 heteroatoms. The van der Waals surface area contributed by atoms with Crippen molar-refractivity contribution >= 4 is 5.97 Å². The van der Waals surface area contributed by atoms with Gasteiger partial charge in [0.05, 0.1) is 0 Å². The van der Waals surface area contributed by atoms with Gasteiger partial charge in [-0.3, -0.25) is 4.79 Å². The predicted molar refractivity (Wildman–Crippen MR) is 67.8 cm³/mol. The molecule has 5 fully saturated rings. The highest BCUT2D eigenvalue weighted by molar-refractivity contribution is 5.80. The third kappa shape index (κ3) is 1.37. The first kappa shape index (κ1) is 11.3. The van der Waals surface area contributed by atoms with Gasteiger partial charge in [0.2, 0.25) is 0 Å². The van der Waals surface area contributed by atoms with Crippen LogP contribution < -0.4 is 5.73 Å². The second kappa shape index (κ2) is 3.50. The van der Waals surface area contributed by atoms with Crippen LogP contribution in [0.5, 0.6) is 0 Å². The number of rotatable bonds is 3. The van der Waals surface area contributed by atoms with Gasteiger partial charge >= 0.3 is 5.97 Å². The van der Waals surface area contributed by atoms with E-state index >= 15 is 0 Å². The van der Waals surface area contributed by atoms with E-state index in [2.05, 4.69) is 0 Å². The molecule has 4 bridgehead atoms. The van der Waals surface area contributed by atoms with Crippen molar-refractivity contribution in [2.24, 2.45) is 41.2 Å². The Morgan fingerprint density at radius 1 is 1.00 bits per heavy atom. The molecule has 1 unspecified atom stereocenters. The minimum atomic E-state index is -0.900. The molecular weight excluding hydrogens is 226 g/mol. The van der Waals surface area contributed by atoms with Gasteiger partial charge in [0.1, 0.15) is 5.54 Å². The zero-order valence-corrected chi connectivity index (χ0v) is 10.8. The molecule has 1 atom stereocenters. The van der Waals surface area contributed by atoms with Crippen LogP contribution in [0, 0.1) is 35.5 Å². The molecule has 5 aliphatic rings. The first-order chi connectivity index (χ1) is 8.59. The van der Waals surface area contributed by atoms with Crippen LogP contribution in [-0.4, -0.2) is 16.6 Å². The van der Waals surface area contributed by atoms with E-state index in [4.69, 9.17) is 5.73 Å². The molecule has 0 aliphatic heterocycles. The number of carboxylic acids is 1. The molecule has 18 heavy (non-hydrogen) atoms. The lowest BCUT2D eigenvalue weighted by molar-refractivity contribution is -0.156. The Morgan fingerprint density at radius 2 is 1.50 bits per heavy atom. The van der Waals surface area contributed by atoms with Crippen LogP contribution in [0.4, 0.5) is 0 Å². The Labute approximate surface area is 108 Å². The van der Waals surface area contributed by atoms with Crippen molar-refractivity contribution in [3.8, 4) is 0 Å². The van der Waals surface area contributed by atoms with E-state index in [0.29, 0.717) is 11.8 Å². The lowest BCUT2D eigenvalue weighted by atomic mass is 9.47. The highest BCUT2D eigenvalue weighted by Crippen LogP contribution is 2.61. The van der Waals surface area contributed by atoms with Crippen molar-refractivity contribution in [3.63, 3.8) is 0 Å². The molecule has 0 saturated heterocycles. The van der Waals surface area contributed by atoms with Crippen LogP contribution in [0.1, 0.15) is 44.9 Å². The summed E-state index contributed by atoms with van der Waals surface area (Å²) in [7, 11) is 0. The van der Waals surface area contributed by atoms with Crippen LogP contribution in [0.25, 0.3) is 0 Å². The summed E-state index contributed by atoms with van der Waals surface area (Å²) < 4.78 is 0. The molecule has 0 aromatic heterocycles. The number of hydrogen-bond acceptors (Lipinski definition) is 2. The maximum Gasteiger partial charge on any atom is 0.324 e. The average Bonchev–Trinajstić information content (AvgIpc) is 3.10. The van der Waals surface area contributed by atoms with E-state index in [9.17, 15) is 9.90 Å². The van der Waals surface area contributed by atoms with E-state index in [1.807, 2.05) is 0 Å². The average molecular weight is 249 g/mol. The van der Waals surface area contributed by atoms with Crippen LogP contribution in [0.15, 0.2) is 0 Å². The van der Waals surface area contributed by atoms with Crippen LogP contribution >= 0.6 is 0 Å². The summed E-state index contributed by atoms with van der Waals surface area (Å²) in [6, 6.07) is 0. The zero-order chi connectivity index (χ0) is 12.5. The van der Waals surface area contributed by atoms with E-state index in [1.54, 1.807) is 0 Å². The van der Waals surface area contributed by atoms with Crippen molar-refractivity contribution in [1.29, 1.82) is 0 Å². The Morgan fingerprint density at radius 3 is 1.89 bits per heavy atom. The third-order valence-electron chi connectivity index (χ3n) is 6.40. The number of carboxylic acid groups (broad SMARTS) is 1. The van der Waals surface area contributed by atoms with E-state index < -0.39 is 11.5 Å². The Hall–Kier alpha value is -0.570. The minimum Gasteiger partial charge on any atom is -0.480 e. The summed E-state index contributed by atoms with van der Waals surface area (Å²) in [5.74, 6) is 2.82. The van der Waals surface area contributed by atoms with Crippen molar-refractivity contribution in [2.75, 3.05) is 0 Å². The highest BCUT2D eigenvalue weighted by Gasteiger charge is 2.61. The molecule has 0 aromatic carbocycles. The third-order valence-corrected chi connectivity index (χ3v) is 6.40. The molecule has 0 aromatic rings. The second-order valence-corrected chi connectivity index (χ2v) is 7.47. The van der Waals surface area contributed by atoms with Crippen LogP contribution in [0.2, 0.25) is 0 Å². The number of nitrogens with two attached hydrogens (primary N) is 1. The van der Waals surface area contributed by atoms with E-state index in [1.165, 1.54) is 32.1 Å². The maximum absolute atomic E-state index is 11.8. The van der Waals surface area contributed by atoms with Gasteiger partial charge in [-0.2, -0.15) is 0 Å². The fourth-order valence-corrected chi connectivity index (χ4v) is 5.86. The van der Waals surface area contributed by atoms with Gasteiger partial charge in [-0.25, -0.2) is 0 Å². The first-order valence-corrected chi connectivity index (χ1v) is 7.61. The lowest BCUT2D eigenvalue weighted by Gasteiger charge is -2.58. The van der Waals surface area contributed by atoms with Crippen LogP contribution in [0.3, 0.4) is 0 Å². The van der Waals surface area contributed by atoms with Crippen molar-refractivity contribution in [1.82, 2.24) is 0 Å². The molecule has 5 aliphatic carbocycles. The molecule has 0 amide bonds. The molecule has 0 radical (unpaired) electrons. The lowest BCUT2D eigenvalue weighted by Crippen LogP contribution is -2.64. The minimum absolute atomic E-state index is 0.262. The normalized spacial score (nSPS) is 49.1. The number of carbonyl (C=O) groups is 1. The maximum atomic E-state index is 11.8. The van der Waals surface area contributed by atoms with Gasteiger partial charge in [0, 0.05) is 0 Å². The fourth-order valence-electron chi connectivity index (χ4n) is 5.86. The topological polar surface area (TPSA) is 63.3 Å². The summed E-state index contributed by atoms with van der Waals surface area (Å²) in [5, 5.41) is 9.70. The highest BCUT2D eigenvalue weighted by atomic mass is 16.4. The van der Waals surface area contributed by atoms with Gasteiger partial charge in [-0.15, -0.1) is 0 Å². The summed E-state index contributed by atoms with van der Waals surface area (Å²) in [6.45, 7) is 0. The Bertz CT molecular complexity index is 362. The summed E-state index contributed by atoms with van der Waals surface area (Å²) in [6.07, 6.45) is 8.52. The molecule has 100 valence electrons. The Kier molecular flexibility index (Phi) is 2.19. The van der Waals surface area contributed by atoms with Crippen molar-refractivity contribution in [3.05, 3.63) is 0 Å². The van der Waals surface area contributed by atoms with Gasteiger partial charge < -0.3 is 10.8 Å². The zero-order valence-electron chi connectivity index (χ0n) is 10.8. The quantitative estimate of drug-likeness (QED) is 0.806. The molecule has 0 heterocycles. The van der Waals surface area contributed by atoms with Crippen LogP contribution in [-0.2, 0) is 4.79 Å². The Balaban J connectivity index is 1.69. The molecular formula is C15H23NO2. The van der Waals surface area contributed by atoms with Crippen molar-refractivity contribution in [2.45, 2.75) is 50.5 Å². The molecule has 5 rings (SSSR count). The number of hydrogen-bond donors (Lipinski definition) is 2. The van der Waals surface area contributed by atoms with E-state index in [-0.39, 0.29) is 11.8 Å². The largest absolute Gasteiger partial charge is 0.480 e. The molecule has 0 spiro atoms. The van der Waals surface area contributed by atoms with Gasteiger partial charge in [0.25, 0.3) is 0 Å². The van der Waals surface area contributed by atoms with Crippen molar-refractivity contribution < 1.29 is 9.90 Å². The SMILES string of the molecule is NC(C(=O)O)(C1CC1)C1C2CC3CC(C2)CC1C3. The van der Waals surface area contributed by atoms with Gasteiger partial charge in [0.15, 0.2) is 0 Å². The summed E-state index contributed by atoms with van der Waals surface area (Å²) >= 11 is 0. The monoisotopic (exact) mass is 249 g/mol. The van der Waals surface area contributed by atoms with Gasteiger partial charge in [-0.1, -0.05) is 0 Å². The number of aliphatic carboxylic acids is 1. The second-order valence-electron chi connectivity index (χ2n) is 7.47. The smallest absolute Gasteiger partial charge is 0.324 e. The molecule has 3 N–H and O–H groups in total. The summed E-state index contributed by atoms with van der Waals surface area (Å²) in [4.78, 5) is 11.8. The molecule has 3 nitrogen and oxygen atoms in total. The molecule has 5 saturated carbocycles. The summed E-state index contributed by atoms with van der Waals surface area (Å²) in [5.41, 5.74) is 5.57. The predicted octanol–water partition coefficient (Wildman–Crippen LogP) is 2.25. The van der Waals surface area contributed by atoms with Gasteiger partial charge in [-0.05, 0) is 80.5 Å². The van der Waals surface area contributed by atoms with E-state index in [0.717, 1.165) is 24.7 Å². The standard InChI is InChI=1S/C15H23NO2/c16-15(14(17)18,12-1-2-12)13-10-4-8-3-9(6-10)7-11(13)5-8/h8-13H,1-7,16H2,(H,17,18).